The Labute approximate surface area is 178 Å². The summed E-state index contributed by atoms with van der Waals surface area (Å²) in [7, 11) is -4.01. The summed E-state index contributed by atoms with van der Waals surface area (Å²) in [6.45, 7) is 9.46. The summed E-state index contributed by atoms with van der Waals surface area (Å²) < 4.78 is 33.4. The van der Waals surface area contributed by atoms with Gasteiger partial charge < -0.3 is 4.74 Å². The van der Waals surface area contributed by atoms with E-state index in [0.29, 0.717) is 12.4 Å². The number of hydrogen-bond donors (Lipinski definition) is 1. The van der Waals surface area contributed by atoms with Crippen LogP contribution in [0, 0.1) is 5.41 Å². The van der Waals surface area contributed by atoms with Gasteiger partial charge in [0, 0.05) is 11.1 Å². The molecule has 162 valence electrons. The first-order valence-corrected chi connectivity index (χ1v) is 11.1. The molecule has 0 aliphatic heterocycles. The number of carbonyl (C=O) groups excluding carboxylic acids is 1. The molecule has 0 aliphatic carbocycles. The summed E-state index contributed by atoms with van der Waals surface area (Å²) in [5.74, 6) is -0.175. The predicted octanol–water partition coefficient (Wildman–Crippen LogP) is 3.82. The fourth-order valence-electron chi connectivity index (χ4n) is 2.44. The Kier molecular flexibility index (Phi) is 7.61. The van der Waals surface area contributed by atoms with Gasteiger partial charge in [0.2, 0.25) is 0 Å². The van der Waals surface area contributed by atoms with Crippen LogP contribution >= 0.6 is 0 Å². The van der Waals surface area contributed by atoms with Crippen LogP contribution in [0.5, 0.6) is 5.75 Å². The number of carbonyl (C=O) groups is 1. The van der Waals surface area contributed by atoms with Crippen molar-refractivity contribution < 1.29 is 17.9 Å². The SMILES string of the molecule is CCOc1ccccc1N(CC(=O)N/N=C(/C)C(C)(C)C)S(=O)(=O)c1ccccc1. The fraction of sp³-hybridized carbons (Fsp3) is 0.364. The number of para-hydroxylation sites is 2. The molecule has 2 aromatic carbocycles. The van der Waals surface area contributed by atoms with Crippen molar-refractivity contribution in [1.82, 2.24) is 5.43 Å². The lowest BCUT2D eigenvalue weighted by atomic mass is 9.91. The molecule has 2 aromatic rings. The predicted molar refractivity (Wildman–Crippen MR) is 119 cm³/mol. The zero-order valence-corrected chi connectivity index (χ0v) is 18.9. The second-order valence-corrected chi connectivity index (χ2v) is 9.57. The minimum Gasteiger partial charge on any atom is -0.492 e. The molecule has 2 rings (SSSR count). The monoisotopic (exact) mass is 431 g/mol. The van der Waals surface area contributed by atoms with E-state index in [-0.39, 0.29) is 16.0 Å². The molecule has 0 bridgehead atoms. The summed E-state index contributed by atoms with van der Waals surface area (Å²) in [5.41, 5.74) is 3.26. The van der Waals surface area contributed by atoms with Gasteiger partial charge in [-0.25, -0.2) is 13.8 Å². The van der Waals surface area contributed by atoms with Crippen LogP contribution in [-0.4, -0.2) is 33.2 Å². The molecular weight excluding hydrogens is 402 g/mol. The van der Waals surface area contributed by atoms with E-state index in [0.717, 1.165) is 10.0 Å². The molecular formula is C22H29N3O4S. The van der Waals surface area contributed by atoms with E-state index in [1.165, 1.54) is 12.1 Å². The summed E-state index contributed by atoms with van der Waals surface area (Å²) in [5, 5.41) is 4.12. The number of hydrazone groups is 1. The van der Waals surface area contributed by atoms with Crippen LogP contribution in [0.2, 0.25) is 0 Å². The van der Waals surface area contributed by atoms with Crippen LogP contribution in [0.1, 0.15) is 34.6 Å². The Morgan fingerprint density at radius 2 is 1.67 bits per heavy atom. The average molecular weight is 432 g/mol. The number of amides is 1. The van der Waals surface area contributed by atoms with Gasteiger partial charge in [-0.1, -0.05) is 51.1 Å². The van der Waals surface area contributed by atoms with Gasteiger partial charge in [0.05, 0.1) is 17.2 Å². The Hall–Kier alpha value is -2.87. The molecule has 0 aliphatic rings. The van der Waals surface area contributed by atoms with Crippen molar-refractivity contribution in [3.63, 3.8) is 0 Å². The van der Waals surface area contributed by atoms with Gasteiger partial charge in [-0.05, 0) is 38.1 Å². The van der Waals surface area contributed by atoms with Crippen LogP contribution in [0.15, 0.2) is 64.6 Å². The maximum Gasteiger partial charge on any atom is 0.264 e. The van der Waals surface area contributed by atoms with Gasteiger partial charge in [-0.2, -0.15) is 5.10 Å². The summed E-state index contributed by atoms with van der Waals surface area (Å²) >= 11 is 0. The van der Waals surface area contributed by atoms with Crippen molar-refractivity contribution in [2.75, 3.05) is 17.5 Å². The van der Waals surface area contributed by atoms with Gasteiger partial charge in [0.15, 0.2) is 0 Å². The maximum absolute atomic E-state index is 13.4. The lowest BCUT2D eigenvalue weighted by Gasteiger charge is -2.25. The Morgan fingerprint density at radius 1 is 1.07 bits per heavy atom. The van der Waals surface area contributed by atoms with Crippen LogP contribution in [0.4, 0.5) is 5.69 Å². The lowest BCUT2D eigenvalue weighted by molar-refractivity contribution is -0.119. The van der Waals surface area contributed by atoms with E-state index in [1.54, 1.807) is 42.5 Å². The minimum absolute atomic E-state index is 0.0819. The zero-order valence-electron chi connectivity index (χ0n) is 18.0. The zero-order chi connectivity index (χ0) is 22.4. The standard InChI is InChI=1S/C22H29N3O4S/c1-6-29-20-15-11-10-14-19(20)25(30(27,28)18-12-8-7-9-13-18)16-21(26)24-23-17(2)22(3,4)5/h7-15H,6,16H2,1-5H3,(H,24,26)/b23-17-. The molecule has 8 heteroatoms. The largest absolute Gasteiger partial charge is 0.492 e. The van der Waals surface area contributed by atoms with Gasteiger partial charge in [0.1, 0.15) is 12.3 Å². The number of nitrogens with zero attached hydrogens (tertiary/aromatic N) is 2. The molecule has 30 heavy (non-hydrogen) atoms. The fourth-order valence-corrected chi connectivity index (χ4v) is 3.89. The van der Waals surface area contributed by atoms with Gasteiger partial charge >= 0.3 is 0 Å². The molecule has 1 N–H and O–H groups in total. The molecule has 0 radical (unpaired) electrons. The Balaban J connectivity index is 2.44. The number of ether oxygens (including phenoxy) is 1. The molecule has 7 nitrogen and oxygen atoms in total. The van der Waals surface area contributed by atoms with Crippen LogP contribution in [0.3, 0.4) is 0 Å². The second-order valence-electron chi connectivity index (χ2n) is 7.71. The first-order chi connectivity index (χ1) is 14.1. The van der Waals surface area contributed by atoms with E-state index in [2.05, 4.69) is 10.5 Å². The highest BCUT2D eigenvalue weighted by Crippen LogP contribution is 2.32. The van der Waals surface area contributed by atoms with Crippen molar-refractivity contribution in [2.45, 2.75) is 39.5 Å². The van der Waals surface area contributed by atoms with Crippen LogP contribution in [-0.2, 0) is 14.8 Å². The van der Waals surface area contributed by atoms with Crippen molar-refractivity contribution in [2.24, 2.45) is 10.5 Å². The molecule has 0 saturated heterocycles. The highest BCUT2D eigenvalue weighted by Gasteiger charge is 2.29. The summed E-state index contributed by atoms with van der Waals surface area (Å²) in [6, 6.07) is 14.7. The number of sulfonamides is 1. The third-order valence-electron chi connectivity index (χ3n) is 4.49. The highest BCUT2D eigenvalue weighted by molar-refractivity contribution is 7.92. The minimum atomic E-state index is -4.01. The third kappa shape index (κ3) is 5.82. The van der Waals surface area contributed by atoms with Crippen molar-refractivity contribution in [1.29, 1.82) is 0 Å². The lowest BCUT2D eigenvalue weighted by Crippen LogP contribution is -2.40. The first kappa shape index (κ1) is 23.4. The van der Waals surface area contributed by atoms with Crippen LogP contribution in [0.25, 0.3) is 0 Å². The maximum atomic E-state index is 13.4. The van der Waals surface area contributed by atoms with E-state index in [1.807, 2.05) is 34.6 Å². The highest BCUT2D eigenvalue weighted by atomic mass is 32.2. The van der Waals surface area contributed by atoms with E-state index >= 15 is 0 Å². The van der Waals surface area contributed by atoms with E-state index in [4.69, 9.17) is 4.74 Å². The Morgan fingerprint density at radius 3 is 2.27 bits per heavy atom. The van der Waals surface area contributed by atoms with Gasteiger partial charge in [0.25, 0.3) is 15.9 Å². The molecule has 0 unspecified atom stereocenters. The molecule has 0 spiro atoms. The molecule has 0 saturated carbocycles. The number of anilines is 1. The number of hydrogen-bond acceptors (Lipinski definition) is 5. The normalized spacial score (nSPS) is 12.4. The number of benzene rings is 2. The summed E-state index contributed by atoms with van der Waals surface area (Å²) in [4.78, 5) is 12.7. The Bertz CT molecular complexity index is 997. The second kappa shape index (κ2) is 9.75. The van der Waals surface area contributed by atoms with Crippen molar-refractivity contribution in [3.05, 3.63) is 54.6 Å². The van der Waals surface area contributed by atoms with Crippen molar-refractivity contribution >= 4 is 27.3 Å². The number of rotatable bonds is 8. The molecule has 0 atom stereocenters. The van der Waals surface area contributed by atoms with Gasteiger partial charge in [-0.15, -0.1) is 0 Å². The third-order valence-corrected chi connectivity index (χ3v) is 6.26. The first-order valence-electron chi connectivity index (χ1n) is 9.70. The van der Waals surface area contributed by atoms with E-state index in [9.17, 15) is 13.2 Å². The number of nitrogens with one attached hydrogen (secondary N) is 1. The van der Waals surface area contributed by atoms with Crippen LogP contribution < -0.4 is 14.5 Å². The smallest absolute Gasteiger partial charge is 0.264 e. The van der Waals surface area contributed by atoms with Crippen molar-refractivity contribution in [3.8, 4) is 5.75 Å². The molecule has 0 aromatic heterocycles. The van der Waals surface area contributed by atoms with Gasteiger partial charge in [-0.3, -0.25) is 9.10 Å². The quantitative estimate of drug-likeness (QED) is 0.508. The topological polar surface area (TPSA) is 88.1 Å². The average Bonchev–Trinajstić information content (AvgIpc) is 2.71. The molecule has 0 fully saturated rings. The molecule has 0 heterocycles. The summed E-state index contributed by atoms with van der Waals surface area (Å²) in [6.07, 6.45) is 0. The van der Waals surface area contributed by atoms with E-state index < -0.39 is 22.5 Å². The molecule has 1 amide bonds.